The van der Waals surface area contributed by atoms with E-state index < -0.39 is 6.10 Å². The third-order valence-electron chi connectivity index (χ3n) is 2.31. The van der Waals surface area contributed by atoms with Gasteiger partial charge in [-0.2, -0.15) is 0 Å². The number of carbonyl (C=O) groups is 1. The predicted octanol–water partition coefficient (Wildman–Crippen LogP) is 1.52. The van der Waals surface area contributed by atoms with Crippen LogP contribution in [0.15, 0.2) is 24.3 Å². The molecule has 1 aromatic rings. The summed E-state index contributed by atoms with van der Waals surface area (Å²) in [5.74, 6) is 0.563. The van der Waals surface area contributed by atoms with Gasteiger partial charge in [-0.05, 0) is 26.0 Å². The van der Waals surface area contributed by atoms with Crippen molar-refractivity contribution in [3.8, 4) is 5.75 Å². The van der Waals surface area contributed by atoms with Gasteiger partial charge in [0.2, 0.25) is 0 Å². The number of hydrogen-bond donors (Lipinski definition) is 1. The third-order valence-corrected chi connectivity index (χ3v) is 2.31. The van der Waals surface area contributed by atoms with Crippen molar-refractivity contribution in [3.05, 3.63) is 29.8 Å². The molecule has 1 rings (SSSR count). The summed E-state index contributed by atoms with van der Waals surface area (Å²) in [6.45, 7) is 4.73. The third kappa shape index (κ3) is 4.87. The number of benzene rings is 1. The van der Waals surface area contributed by atoms with Crippen molar-refractivity contribution in [1.29, 1.82) is 0 Å². The monoisotopic (exact) mass is 237 g/mol. The molecule has 0 spiro atoms. The minimum Gasteiger partial charge on any atom is -0.481 e. The van der Waals surface area contributed by atoms with Crippen LogP contribution in [0.2, 0.25) is 0 Å². The molecule has 0 aromatic heterocycles. The second kappa shape index (κ2) is 6.91. The van der Waals surface area contributed by atoms with E-state index in [0.717, 1.165) is 5.56 Å². The van der Waals surface area contributed by atoms with Crippen LogP contribution in [0.1, 0.15) is 12.5 Å². The summed E-state index contributed by atoms with van der Waals surface area (Å²) in [5, 5.41) is 2.73. The lowest BCUT2D eigenvalue weighted by atomic mass is 10.2. The number of rotatable bonds is 6. The molecular formula is C13H19NO3. The summed E-state index contributed by atoms with van der Waals surface area (Å²) in [4.78, 5) is 11.6. The Bertz CT molecular complexity index is 348. The molecule has 1 aromatic carbocycles. The molecular weight excluding hydrogens is 218 g/mol. The fourth-order valence-electron chi connectivity index (χ4n) is 1.29. The smallest absolute Gasteiger partial charge is 0.260 e. The maximum absolute atomic E-state index is 11.6. The van der Waals surface area contributed by atoms with Crippen molar-refractivity contribution in [2.24, 2.45) is 0 Å². The van der Waals surface area contributed by atoms with E-state index >= 15 is 0 Å². The fraction of sp³-hybridized carbons (Fsp3) is 0.462. The molecule has 0 unspecified atom stereocenters. The molecule has 0 radical (unpaired) electrons. The zero-order valence-electron chi connectivity index (χ0n) is 10.5. The lowest BCUT2D eigenvalue weighted by Gasteiger charge is -2.14. The van der Waals surface area contributed by atoms with E-state index in [9.17, 15) is 4.79 Å². The second-order valence-electron chi connectivity index (χ2n) is 3.86. The van der Waals surface area contributed by atoms with Crippen LogP contribution in [0.4, 0.5) is 0 Å². The molecule has 0 aliphatic rings. The Morgan fingerprint density at radius 3 is 2.59 bits per heavy atom. The molecule has 0 aliphatic heterocycles. The molecule has 4 nitrogen and oxygen atoms in total. The summed E-state index contributed by atoms with van der Waals surface area (Å²) in [6, 6.07) is 7.61. The Balaban J connectivity index is 2.40. The fourth-order valence-corrected chi connectivity index (χ4v) is 1.29. The normalized spacial score (nSPS) is 11.9. The van der Waals surface area contributed by atoms with Gasteiger partial charge in [0, 0.05) is 13.7 Å². The van der Waals surface area contributed by atoms with E-state index in [2.05, 4.69) is 5.32 Å². The highest BCUT2D eigenvalue weighted by atomic mass is 16.5. The van der Waals surface area contributed by atoms with Gasteiger partial charge in [0.25, 0.3) is 5.91 Å². The molecule has 0 saturated heterocycles. The summed E-state index contributed by atoms with van der Waals surface area (Å²) >= 11 is 0. The van der Waals surface area contributed by atoms with E-state index in [1.807, 2.05) is 31.2 Å². The maximum atomic E-state index is 11.6. The lowest BCUT2D eigenvalue weighted by molar-refractivity contribution is -0.127. The number of amides is 1. The van der Waals surface area contributed by atoms with Crippen LogP contribution >= 0.6 is 0 Å². The highest BCUT2D eigenvalue weighted by molar-refractivity contribution is 5.80. The Labute approximate surface area is 102 Å². The van der Waals surface area contributed by atoms with Crippen LogP contribution in [0.25, 0.3) is 0 Å². The van der Waals surface area contributed by atoms with Gasteiger partial charge in [-0.15, -0.1) is 0 Å². The van der Waals surface area contributed by atoms with Gasteiger partial charge >= 0.3 is 0 Å². The highest BCUT2D eigenvalue weighted by Crippen LogP contribution is 2.13. The first-order chi connectivity index (χ1) is 8.13. The van der Waals surface area contributed by atoms with Crippen molar-refractivity contribution in [3.63, 3.8) is 0 Å². The van der Waals surface area contributed by atoms with Crippen molar-refractivity contribution in [2.75, 3.05) is 20.3 Å². The van der Waals surface area contributed by atoms with E-state index in [1.54, 1.807) is 14.0 Å². The molecule has 1 atom stereocenters. The van der Waals surface area contributed by atoms with Crippen molar-refractivity contribution < 1.29 is 14.3 Å². The molecule has 4 heteroatoms. The topological polar surface area (TPSA) is 47.6 Å². The van der Waals surface area contributed by atoms with Gasteiger partial charge in [-0.3, -0.25) is 4.79 Å². The summed E-state index contributed by atoms with van der Waals surface area (Å²) in [7, 11) is 1.60. The molecule has 1 N–H and O–H groups in total. The molecule has 0 bridgehead atoms. The van der Waals surface area contributed by atoms with Gasteiger partial charge in [0.15, 0.2) is 6.10 Å². The minimum absolute atomic E-state index is 0.136. The highest BCUT2D eigenvalue weighted by Gasteiger charge is 2.13. The average molecular weight is 237 g/mol. The van der Waals surface area contributed by atoms with Crippen LogP contribution < -0.4 is 10.1 Å². The van der Waals surface area contributed by atoms with Gasteiger partial charge in [0.05, 0.1) is 6.61 Å². The molecule has 0 fully saturated rings. The van der Waals surface area contributed by atoms with Crippen molar-refractivity contribution in [2.45, 2.75) is 20.0 Å². The first-order valence-corrected chi connectivity index (χ1v) is 5.63. The summed E-state index contributed by atoms with van der Waals surface area (Å²) in [5.41, 5.74) is 1.16. The molecule has 1 amide bonds. The lowest BCUT2D eigenvalue weighted by Crippen LogP contribution is -2.37. The van der Waals surface area contributed by atoms with Gasteiger partial charge < -0.3 is 14.8 Å². The van der Waals surface area contributed by atoms with Crippen LogP contribution in [0, 0.1) is 6.92 Å². The summed E-state index contributed by atoms with van der Waals surface area (Å²) in [6.07, 6.45) is -0.505. The molecule has 0 saturated carbocycles. The zero-order valence-corrected chi connectivity index (χ0v) is 10.5. The maximum Gasteiger partial charge on any atom is 0.260 e. The Morgan fingerprint density at radius 1 is 1.35 bits per heavy atom. The second-order valence-corrected chi connectivity index (χ2v) is 3.86. The number of ether oxygens (including phenoxy) is 2. The number of aryl methyl sites for hydroxylation is 1. The standard InChI is InChI=1S/C13H19NO3/c1-10-4-6-12(7-5-10)17-11(2)13(15)14-8-9-16-3/h4-7,11H,8-9H2,1-3H3,(H,14,15)/t11-/m1/s1. The predicted molar refractivity (Wildman–Crippen MR) is 66.2 cm³/mol. The van der Waals surface area contributed by atoms with Crippen LogP contribution in [0.3, 0.4) is 0 Å². The van der Waals surface area contributed by atoms with Crippen LogP contribution in [-0.2, 0) is 9.53 Å². The Morgan fingerprint density at radius 2 is 2.00 bits per heavy atom. The van der Waals surface area contributed by atoms with E-state index in [4.69, 9.17) is 9.47 Å². The molecule has 17 heavy (non-hydrogen) atoms. The zero-order chi connectivity index (χ0) is 12.7. The minimum atomic E-state index is -0.505. The quantitative estimate of drug-likeness (QED) is 0.763. The van der Waals surface area contributed by atoms with Crippen LogP contribution in [-0.4, -0.2) is 32.3 Å². The number of carbonyl (C=O) groups excluding carboxylic acids is 1. The number of methoxy groups -OCH3 is 1. The van der Waals surface area contributed by atoms with E-state index in [-0.39, 0.29) is 5.91 Å². The van der Waals surface area contributed by atoms with E-state index in [1.165, 1.54) is 0 Å². The van der Waals surface area contributed by atoms with Crippen LogP contribution in [0.5, 0.6) is 5.75 Å². The average Bonchev–Trinajstić information content (AvgIpc) is 2.32. The first-order valence-electron chi connectivity index (χ1n) is 5.63. The van der Waals surface area contributed by atoms with E-state index in [0.29, 0.717) is 18.9 Å². The molecule has 0 aliphatic carbocycles. The Kier molecular flexibility index (Phi) is 5.49. The number of hydrogen-bond acceptors (Lipinski definition) is 3. The van der Waals surface area contributed by atoms with Gasteiger partial charge in [-0.1, -0.05) is 17.7 Å². The summed E-state index contributed by atoms with van der Waals surface area (Å²) < 4.78 is 10.4. The SMILES string of the molecule is COCCNC(=O)[C@@H](C)Oc1ccc(C)cc1. The molecule has 94 valence electrons. The largest absolute Gasteiger partial charge is 0.481 e. The Hall–Kier alpha value is -1.55. The van der Waals surface area contributed by atoms with Crippen molar-refractivity contribution >= 4 is 5.91 Å². The first kappa shape index (κ1) is 13.5. The molecule has 0 heterocycles. The van der Waals surface area contributed by atoms with Crippen molar-refractivity contribution in [1.82, 2.24) is 5.32 Å². The van der Waals surface area contributed by atoms with Gasteiger partial charge in [-0.25, -0.2) is 0 Å². The van der Waals surface area contributed by atoms with Gasteiger partial charge in [0.1, 0.15) is 5.75 Å². The number of nitrogens with one attached hydrogen (secondary N) is 1.